The van der Waals surface area contributed by atoms with Crippen molar-refractivity contribution in [1.29, 1.82) is 0 Å². The fourth-order valence-corrected chi connectivity index (χ4v) is 2.04. The minimum atomic E-state index is -0.659. The number of rotatable bonds is 7. The minimum Gasteiger partial charge on any atom is -0.340 e. The molecule has 0 spiro atoms. The average Bonchev–Trinajstić information content (AvgIpc) is 2.46. The first-order chi connectivity index (χ1) is 10.0. The van der Waals surface area contributed by atoms with Crippen LogP contribution in [-0.4, -0.2) is 35.8 Å². The van der Waals surface area contributed by atoms with E-state index in [9.17, 15) is 9.59 Å². The third-order valence-electron chi connectivity index (χ3n) is 2.85. The van der Waals surface area contributed by atoms with Gasteiger partial charge in [0.15, 0.2) is 0 Å². The van der Waals surface area contributed by atoms with Crippen LogP contribution >= 0.6 is 11.6 Å². The molecule has 1 aromatic carbocycles. The van der Waals surface area contributed by atoms with Crippen LogP contribution in [0.25, 0.3) is 0 Å². The zero-order valence-electron chi connectivity index (χ0n) is 12.0. The standard InChI is InChI=1S/C16H19ClN2O2/c1-4-10-19(11-5-2)16(21)12(3)18-15(20)13-8-6-7-9-14(13)17/h4-9,12H,1-2,10-11H2,3H3,(H,18,20). The molecule has 0 radical (unpaired) electrons. The van der Waals surface area contributed by atoms with Gasteiger partial charge in [0.2, 0.25) is 5.91 Å². The Hall–Kier alpha value is -2.07. The van der Waals surface area contributed by atoms with Crippen LogP contribution in [0.3, 0.4) is 0 Å². The molecule has 1 unspecified atom stereocenters. The highest BCUT2D eigenvalue weighted by Gasteiger charge is 2.21. The van der Waals surface area contributed by atoms with Crippen LogP contribution in [0, 0.1) is 0 Å². The lowest BCUT2D eigenvalue weighted by Crippen LogP contribution is -2.47. The van der Waals surface area contributed by atoms with E-state index in [2.05, 4.69) is 18.5 Å². The Kier molecular flexibility index (Phi) is 6.69. The molecule has 2 amide bonds. The number of nitrogens with zero attached hydrogens (tertiary/aromatic N) is 1. The average molecular weight is 307 g/mol. The zero-order valence-corrected chi connectivity index (χ0v) is 12.8. The number of hydrogen-bond donors (Lipinski definition) is 1. The van der Waals surface area contributed by atoms with Crippen molar-refractivity contribution >= 4 is 23.4 Å². The number of benzene rings is 1. The molecular formula is C16H19ClN2O2. The molecule has 0 saturated heterocycles. The second-order valence-electron chi connectivity index (χ2n) is 4.50. The fourth-order valence-electron chi connectivity index (χ4n) is 1.82. The summed E-state index contributed by atoms with van der Waals surface area (Å²) in [7, 11) is 0. The van der Waals surface area contributed by atoms with Crippen LogP contribution < -0.4 is 5.32 Å². The number of nitrogens with one attached hydrogen (secondary N) is 1. The van der Waals surface area contributed by atoms with Gasteiger partial charge in [-0.25, -0.2) is 0 Å². The molecule has 1 N–H and O–H groups in total. The van der Waals surface area contributed by atoms with Crippen molar-refractivity contribution in [1.82, 2.24) is 10.2 Å². The minimum absolute atomic E-state index is 0.199. The van der Waals surface area contributed by atoms with Crippen LogP contribution in [0.1, 0.15) is 17.3 Å². The van der Waals surface area contributed by atoms with E-state index in [0.29, 0.717) is 23.7 Å². The third-order valence-corrected chi connectivity index (χ3v) is 3.18. The van der Waals surface area contributed by atoms with Gasteiger partial charge in [0.1, 0.15) is 6.04 Å². The molecule has 112 valence electrons. The second-order valence-corrected chi connectivity index (χ2v) is 4.90. The maximum absolute atomic E-state index is 12.3. The first kappa shape index (κ1) is 17.0. The van der Waals surface area contributed by atoms with Gasteiger partial charge in [-0.15, -0.1) is 13.2 Å². The van der Waals surface area contributed by atoms with Gasteiger partial charge >= 0.3 is 0 Å². The third kappa shape index (κ3) is 4.76. The van der Waals surface area contributed by atoms with Gasteiger partial charge in [0, 0.05) is 13.1 Å². The summed E-state index contributed by atoms with van der Waals surface area (Å²) in [5.74, 6) is -0.575. The Morgan fingerprint density at radius 2 is 1.86 bits per heavy atom. The smallest absolute Gasteiger partial charge is 0.253 e. The number of carbonyl (C=O) groups is 2. The maximum Gasteiger partial charge on any atom is 0.253 e. The van der Waals surface area contributed by atoms with E-state index < -0.39 is 6.04 Å². The predicted octanol–water partition coefficient (Wildman–Crippen LogP) is 2.66. The van der Waals surface area contributed by atoms with Crippen LogP contribution in [0.4, 0.5) is 0 Å². The quantitative estimate of drug-likeness (QED) is 0.787. The van der Waals surface area contributed by atoms with E-state index in [4.69, 9.17) is 11.6 Å². The summed E-state index contributed by atoms with van der Waals surface area (Å²) in [5.41, 5.74) is 0.345. The molecule has 0 aliphatic rings. The van der Waals surface area contributed by atoms with E-state index in [-0.39, 0.29) is 11.8 Å². The molecule has 21 heavy (non-hydrogen) atoms. The van der Waals surface area contributed by atoms with Crippen molar-refractivity contribution in [3.8, 4) is 0 Å². The monoisotopic (exact) mass is 306 g/mol. The predicted molar refractivity (Wildman–Crippen MR) is 85.4 cm³/mol. The molecule has 0 bridgehead atoms. The molecule has 5 heteroatoms. The maximum atomic E-state index is 12.3. The summed E-state index contributed by atoms with van der Waals surface area (Å²) in [6.07, 6.45) is 3.26. The Bertz CT molecular complexity index is 533. The molecule has 1 rings (SSSR count). The summed E-state index contributed by atoms with van der Waals surface area (Å²) in [6.45, 7) is 9.66. The number of amides is 2. The number of hydrogen-bond acceptors (Lipinski definition) is 2. The van der Waals surface area contributed by atoms with Gasteiger partial charge < -0.3 is 10.2 Å². The highest BCUT2D eigenvalue weighted by atomic mass is 35.5. The number of carbonyl (C=O) groups excluding carboxylic acids is 2. The van der Waals surface area contributed by atoms with Crippen molar-refractivity contribution in [3.05, 3.63) is 60.2 Å². The van der Waals surface area contributed by atoms with Crippen molar-refractivity contribution in [3.63, 3.8) is 0 Å². The van der Waals surface area contributed by atoms with Gasteiger partial charge in [-0.2, -0.15) is 0 Å². The zero-order chi connectivity index (χ0) is 15.8. The van der Waals surface area contributed by atoms with Crippen molar-refractivity contribution in [2.45, 2.75) is 13.0 Å². The summed E-state index contributed by atoms with van der Waals surface area (Å²) >= 11 is 5.96. The van der Waals surface area contributed by atoms with Crippen molar-refractivity contribution < 1.29 is 9.59 Å². The van der Waals surface area contributed by atoms with E-state index in [0.717, 1.165) is 0 Å². The Labute approximate surface area is 130 Å². The van der Waals surface area contributed by atoms with Gasteiger partial charge in [-0.1, -0.05) is 35.9 Å². The molecular weight excluding hydrogens is 288 g/mol. The lowest BCUT2D eigenvalue weighted by molar-refractivity contribution is -0.131. The summed E-state index contributed by atoms with van der Waals surface area (Å²) in [6, 6.07) is 6.04. The van der Waals surface area contributed by atoms with Crippen LogP contribution in [-0.2, 0) is 4.79 Å². The topological polar surface area (TPSA) is 49.4 Å². The van der Waals surface area contributed by atoms with E-state index >= 15 is 0 Å². The number of halogens is 1. The first-order valence-corrected chi connectivity index (χ1v) is 6.95. The summed E-state index contributed by atoms with van der Waals surface area (Å²) < 4.78 is 0. The molecule has 0 aliphatic carbocycles. The normalized spacial score (nSPS) is 11.3. The van der Waals surface area contributed by atoms with Crippen molar-refractivity contribution in [2.24, 2.45) is 0 Å². The van der Waals surface area contributed by atoms with Crippen LogP contribution in [0.5, 0.6) is 0 Å². The SMILES string of the molecule is C=CCN(CC=C)C(=O)C(C)NC(=O)c1ccccc1Cl. The lowest BCUT2D eigenvalue weighted by atomic mass is 10.2. The van der Waals surface area contributed by atoms with Gasteiger partial charge in [-0.3, -0.25) is 9.59 Å². The Morgan fingerprint density at radius 3 is 2.38 bits per heavy atom. The van der Waals surface area contributed by atoms with Crippen LogP contribution in [0.15, 0.2) is 49.6 Å². The van der Waals surface area contributed by atoms with E-state index in [1.807, 2.05) is 0 Å². The largest absolute Gasteiger partial charge is 0.340 e. The molecule has 0 heterocycles. The molecule has 0 aromatic heterocycles. The fraction of sp³-hybridized carbons (Fsp3) is 0.250. The lowest BCUT2D eigenvalue weighted by Gasteiger charge is -2.24. The first-order valence-electron chi connectivity index (χ1n) is 6.57. The highest BCUT2D eigenvalue weighted by Crippen LogP contribution is 2.14. The van der Waals surface area contributed by atoms with Crippen LogP contribution in [0.2, 0.25) is 5.02 Å². The van der Waals surface area contributed by atoms with Gasteiger partial charge in [0.05, 0.1) is 10.6 Å². The molecule has 0 aliphatic heterocycles. The Balaban J connectivity index is 2.75. The Morgan fingerprint density at radius 1 is 1.29 bits per heavy atom. The van der Waals surface area contributed by atoms with Crippen molar-refractivity contribution in [2.75, 3.05) is 13.1 Å². The summed E-state index contributed by atoms with van der Waals surface area (Å²) in [4.78, 5) is 25.9. The van der Waals surface area contributed by atoms with E-state index in [1.165, 1.54) is 0 Å². The molecule has 1 atom stereocenters. The highest BCUT2D eigenvalue weighted by molar-refractivity contribution is 6.33. The molecule has 0 saturated carbocycles. The molecule has 4 nitrogen and oxygen atoms in total. The molecule has 1 aromatic rings. The molecule has 0 fully saturated rings. The summed E-state index contributed by atoms with van der Waals surface area (Å²) in [5, 5.41) is 3.00. The van der Waals surface area contributed by atoms with E-state index in [1.54, 1.807) is 48.2 Å². The second kappa shape index (κ2) is 8.27. The van der Waals surface area contributed by atoms with Gasteiger partial charge in [-0.05, 0) is 19.1 Å². The van der Waals surface area contributed by atoms with Gasteiger partial charge in [0.25, 0.3) is 5.91 Å².